The molecule has 0 radical (unpaired) electrons. The quantitative estimate of drug-likeness (QED) is 0.345. The van der Waals surface area contributed by atoms with Crippen LogP contribution in [0.2, 0.25) is 0 Å². The van der Waals surface area contributed by atoms with E-state index >= 15 is 0 Å². The van der Waals surface area contributed by atoms with Crippen LogP contribution in [0.25, 0.3) is 0 Å². The molecule has 0 unspecified atom stereocenters. The Morgan fingerprint density at radius 3 is 2.93 bits per heavy atom. The number of benzene rings is 1. The largest absolute Gasteiger partial charge is 0.493 e. The third-order valence-electron chi connectivity index (χ3n) is 1.79. The van der Waals surface area contributed by atoms with E-state index in [0.717, 1.165) is 6.42 Å². The van der Waals surface area contributed by atoms with E-state index in [2.05, 4.69) is 5.16 Å². The van der Waals surface area contributed by atoms with Crippen molar-refractivity contribution in [3.63, 3.8) is 0 Å². The number of hydrogen-bond donors (Lipinski definition) is 2. The molecule has 0 aliphatic carbocycles. The van der Waals surface area contributed by atoms with Gasteiger partial charge in [-0.2, -0.15) is 0 Å². The van der Waals surface area contributed by atoms with Gasteiger partial charge in [-0.1, -0.05) is 12.1 Å². The average Bonchev–Trinajstić information content (AvgIpc) is 2.26. The Morgan fingerprint density at radius 2 is 2.33 bits per heavy atom. The molecule has 1 aromatic rings. The first-order valence-electron chi connectivity index (χ1n) is 4.59. The second-order valence-corrected chi connectivity index (χ2v) is 2.97. The molecule has 0 saturated heterocycles. The van der Waals surface area contributed by atoms with E-state index in [1.165, 1.54) is 18.2 Å². The van der Waals surface area contributed by atoms with E-state index in [9.17, 15) is 4.39 Å². The lowest BCUT2D eigenvalue weighted by Crippen LogP contribution is -2.15. The van der Waals surface area contributed by atoms with Crippen molar-refractivity contribution in [2.45, 2.75) is 13.3 Å². The van der Waals surface area contributed by atoms with Gasteiger partial charge in [-0.3, -0.25) is 0 Å². The number of hydrogen-bond acceptors (Lipinski definition) is 3. The van der Waals surface area contributed by atoms with Crippen LogP contribution in [0, 0.1) is 5.82 Å². The summed E-state index contributed by atoms with van der Waals surface area (Å²) in [5, 5.41) is 11.3. The monoisotopic (exact) mass is 212 g/mol. The Hall–Kier alpha value is -1.78. The first-order chi connectivity index (χ1) is 7.19. The van der Waals surface area contributed by atoms with Gasteiger partial charge in [0.2, 0.25) is 0 Å². The molecule has 0 aliphatic rings. The highest BCUT2D eigenvalue weighted by atomic mass is 19.1. The molecule has 15 heavy (non-hydrogen) atoms. The normalized spacial score (nSPS) is 11.5. The van der Waals surface area contributed by atoms with E-state index in [-0.39, 0.29) is 11.4 Å². The van der Waals surface area contributed by atoms with E-state index in [0.29, 0.717) is 12.4 Å². The number of nitrogens with zero attached hydrogens (tertiary/aromatic N) is 1. The molecule has 0 atom stereocenters. The summed E-state index contributed by atoms with van der Waals surface area (Å²) in [7, 11) is 0. The van der Waals surface area contributed by atoms with Crippen molar-refractivity contribution in [1.82, 2.24) is 0 Å². The smallest absolute Gasteiger partial charge is 0.173 e. The zero-order valence-electron chi connectivity index (χ0n) is 8.40. The van der Waals surface area contributed by atoms with Gasteiger partial charge in [-0.15, -0.1) is 0 Å². The Balaban J connectivity index is 3.03. The second kappa shape index (κ2) is 5.19. The summed E-state index contributed by atoms with van der Waals surface area (Å²) in [6.45, 7) is 2.45. The van der Waals surface area contributed by atoms with Crippen LogP contribution in [-0.2, 0) is 0 Å². The molecule has 0 aromatic heterocycles. The van der Waals surface area contributed by atoms with Gasteiger partial charge in [0.25, 0.3) is 0 Å². The molecule has 5 heteroatoms. The van der Waals surface area contributed by atoms with Gasteiger partial charge < -0.3 is 15.7 Å². The molecule has 0 amide bonds. The lowest BCUT2D eigenvalue weighted by atomic mass is 10.2. The molecule has 0 saturated carbocycles. The van der Waals surface area contributed by atoms with Gasteiger partial charge in [0.1, 0.15) is 11.6 Å². The fraction of sp³-hybridized carbons (Fsp3) is 0.300. The van der Waals surface area contributed by atoms with Crippen molar-refractivity contribution in [3.05, 3.63) is 29.6 Å². The summed E-state index contributed by atoms with van der Waals surface area (Å²) in [5.74, 6) is -0.213. The van der Waals surface area contributed by atoms with Crippen molar-refractivity contribution < 1.29 is 14.3 Å². The van der Waals surface area contributed by atoms with Gasteiger partial charge in [-0.05, 0) is 24.6 Å². The summed E-state index contributed by atoms with van der Waals surface area (Å²) in [6.07, 6.45) is 0.826. The van der Waals surface area contributed by atoms with E-state index in [1.54, 1.807) is 0 Å². The fourth-order valence-corrected chi connectivity index (χ4v) is 1.09. The van der Waals surface area contributed by atoms with Crippen molar-refractivity contribution >= 4 is 5.84 Å². The SMILES string of the molecule is CCCOc1ccc(F)cc1C(N)=NO. The van der Waals surface area contributed by atoms with Crippen LogP contribution in [0.3, 0.4) is 0 Å². The van der Waals surface area contributed by atoms with Crippen molar-refractivity contribution in [1.29, 1.82) is 0 Å². The highest BCUT2D eigenvalue weighted by Crippen LogP contribution is 2.19. The van der Waals surface area contributed by atoms with Crippen LogP contribution in [-0.4, -0.2) is 17.6 Å². The Bertz CT molecular complexity index is 366. The van der Waals surface area contributed by atoms with Gasteiger partial charge in [0, 0.05) is 0 Å². The Kier molecular flexibility index (Phi) is 3.91. The van der Waals surface area contributed by atoms with E-state index in [4.69, 9.17) is 15.7 Å². The van der Waals surface area contributed by atoms with Crippen LogP contribution in [0.15, 0.2) is 23.4 Å². The maximum absolute atomic E-state index is 12.9. The fourth-order valence-electron chi connectivity index (χ4n) is 1.09. The van der Waals surface area contributed by atoms with Crippen LogP contribution >= 0.6 is 0 Å². The van der Waals surface area contributed by atoms with Crippen LogP contribution in [0.4, 0.5) is 4.39 Å². The van der Waals surface area contributed by atoms with Crippen LogP contribution in [0.1, 0.15) is 18.9 Å². The molecule has 0 fully saturated rings. The minimum Gasteiger partial charge on any atom is -0.493 e. The van der Waals surface area contributed by atoms with E-state index < -0.39 is 5.82 Å². The zero-order valence-corrected chi connectivity index (χ0v) is 8.40. The molecular weight excluding hydrogens is 199 g/mol. The second-order valence-electron chi connectivity index (χ2n) is 2.97. The van der Waals surface area contributed by atoms with Crippen LogP contribution < -0.4 is 10.5 Å². The first kappa shape index (κ1) is 11.3. The number of ether oxygens (including phenoxy) is 1. The van der Waals surface area contributed by atoms with Gasteiger partial charge in [0.05, 0.1) is 12.2 Å². The number of amidine groups is 1. The highest BCUT2D eigenvalue weighted by Gasteiger charge is 2.09. The Labute approximate surface area is 87.2 Å². The predicted molar refractivity (Wildman–Crippen MR) is 54.7 cm³/mol. The molecule has 4 nitrogen and oxygen atoms in total. The maximum Gasteiger partial charge on any atom is 0.173 e. The number of nitrogens with two attached hydrogens (primary N) is 1. The molecule has 3 N–H and O–H groups in total. The zero-order chi connectivity index (χ0) is 11.3. The average molecular weight is 212 g/mol. The van der Waals surface area contributed by atoms with Gasteiger partial charge >= 0.3 is 0 Å². The number of oxime groups is 1. The summed E-state index contributed by atoms with van der Waals surface area (Å²) >= 11 is 0. The van der Waals surface area contributed by atoms with Gasteiger partial charge in [-0.25, -0.2) is 4.39 Å². The molecule has 1 rings (SSSR count). The summed E-state index contributed by atoms with van der Waals surface area (Å²) < 4.78 is 18.2. The molecule has 0 bridgehead atoms. The van der Waals surface area contributed by atoms with Crippen molar-refractivity contribution in [3.8, 4) is 5.75 Å². The topological polar surface area (TPSA) is 67.8 Å². The third kappa shape index (κ3) is 2.83. The predicted octanol–water partition coefficient (Wildman–Crippen LogP) is 1.71. The molecule has 82 valence electrons. The summed E-state index contributed by atoms with van der Waals surface area (Å²) in [4.78, 5) is 0. The highest BCUT2D eigenvalue weighted by molar-refractivity contribution is 5.99. The molecular formula is C10H13FN2O2. The van der Waals surface area contributed by atoms with Gasteiger partial charge in [0.15, 0.2) is 5.84 Å². The molecule has 0 heterocycles. The van der Waals surface area contributed by atoms with E-state index in [1.807, 2.05) is 6.92 Å². The number of halogens is 1. The molecule has 0 spiro atoms. The lowest BCUT2D eigenvalue weighted by molar-refractivity contribution is 0.311. The minimum atomic E-state index is -0.458. The van der Waals surface area contributed by atoms with Crippen LogP contribution in [0.5, 0.6) is 5.75 Å². The summed E-state index contributed by atoms with van der Waals surface area (Å²) in [6, 6.07) is 3.89. The number of rotatable bonds is 4. The summed E-state index contributed by atoms with van der Waals surface area (Å²) in [5.41, 5.74) is 5.64. The lowest BCUT2D eigenvalue weighted by Gasteiger charge is -2.09. The first-order valence-corrected chi connectivity index (χ1v) is 4.59. The standard InChI is InChI=1S/C10H13FN2O2/c1-2-5-15-9-4-3-7(11)6-8(9)10(12)13-14/h3-4,6,14H,2,5H2,1H3,(H2,12,13). The molecule has 0 aliphatic heterocycles. The molecule has 1 aromatic carbocycles. The Morgan fingerprint density at radius 1 is 1.60 bits per heavy atom. The maximum atomic E-state index is 12.9. The van der Waals surface area contributed by atoms with Crippen molar-refractivity contribution in [2.75, 3.05) is 6.61 Å². The van der Waals surface area contributed by atoms with Crippen molar-refractivity contribution in [2.24, 2.45) is 10.9 Å². The minimum absolute atomic E-state index is 0.166. The third-order valence-corrected chi connectivity index (χ3v) is 1.79.